The number of aliphatic carboxylic acids is 1. The number of aryl methyl sites for hydroxylation is 1. The van der Waals surface area contributed by atoms with Crippen LogP contribution in [0.15, 0.2) is 24.3 Å². The lowest BCUT2D eigenvalue weighted by Crippen LogP contribution is -2.37. The highest BCUT2D eigenvalue weighted by atomic mass is 16.4. The first-order chi connectivity index (χ1) is 11.5. The average molecular weight is 331 g/mol. The van der Waals surface area contributed by atoms with Gasteiger partial charge < -0.3 is 15.1 Å². The van der Waals surface area contributed by atoms with E-state index in [0.717, 1.165) is 11.1 Å². The van der Waals surface area contributed by atoms with E-state index in [-0.39, 0.29) is 30.4 Å². The standard InChI is InChI=1S/C19H25NO4/c1-12-4-2-3-5-15(12)16-10-20(11-17(16)19(23)24)18(22)13-6-8-14(21)9-7-13/h2-5,13-14,16-17,21H,6-11H2,1H3,(H,23,24)/t13?,14?,16-,17+/m0/s1. The van der Waals surface area contributed by atoms with E-state index in [0.29, 0.717) is 32.2 Å². The van der Waals surface area contributed by atoms with E-state index >= 15 is 0 Å². The molecule has 2 fully saturated rings. The highest BCUT2D eigenvalue weighted by molar-refractivity contribution is 5.81. The van der Waals surface area contributed by atoms with Crippen molar-refractivity contribution in [2.75, 3.05) is 13.1 Å². The normalized spacial score (nSPS) is 30.3. The highest BCUT2D eigenvalue weighted by Crippen LogP contribution is 2.36. The van der Waals surface area contributed by atoms with Crippen LogP contribution in [-0.4, -0.2) is 46.2 Å². The molecule has 1 saturated carbocycles. The zero-order valence-corrected chi connectivity index (χ0v) is 14.0. The number of carbonyl (C=O) groups excluding carboxylic acids is 1. The maximum absolute atomic E-state index is 12.8. The number of benzene rings is 1. The minimum Gasteiger partial charge on any atom is -0.481 e. The van der Waals surface area contributed by atoms with Gasteiger partial charge in [0.2, 0.25) is 5.91 Å². The van der Waals surface area contributed by atoms with Crippen LogP contribution in [0.3, 0.4) is 0 Å². The molecule has 0 bridgehead atoms. The SMILES string of the molecule is Cc1ccccc1[C@@H]1CN(C(=O)C2CCC(O)CC2)C[C@H]1C(=O)O. The summed E-state index contributed by atoms with van der Waals surface area (Å²) in [5.74, 6) is -1.55. The van der Waals surface area contributed by atoms with E-state index in [2.05, 4.69) is 0 Å². The summed E-state index contributed by atoms with van der Waals surface area (Å²) in [5.41, 5.74) is 2.10. The Morgan fingerprint density at radius 3 is 2.38 bits per heavy atom. The molecule has 1 saturated heterocycles. The molecule has 1 heterocycles. The van der Waals surface area contributed by atoms with Crippen LogP contribution >= 0.6 is 0 Å². The van der Waals surface area contributed by atoms with Crippen LogP contribution in [0.2, 0.25) is 0 Å². The lowest BCUT2D eigenvalue weighted by Gasteiger charge is -2.28. The summed E-state index contributed by atoms with van der Waals surface area (Å²) in [6.45, 7) is 2.74. The quantitative estimate of drug-likeness (QED) is 0.890. The summed E-state index contributed by atoms with van der Waals surface area (Å²) in [6, 6.07) is 7.83. The van der Waals surface area contributed by atoms with Crippen LogP contribution < -0.4 is 0 Å². The zero-order valence-electron chi connectivity index (χ0n) is 14.0. The Morgan fingerprint density at radius 2 is 1.75 bits per heavy atom. The van der Waals surface area contributed by atoms with E-state index in [4.69, 9.17) is 0 Å². The van der Waals surface area contributed by atoms with Crippen LogP contribution in [0.1, 0.15) is 42.7 Å². The number of hydrogen-bond acceptors (Lipinski definition) is 3. The molecule has 0 aromatic heterocycles. The summed E-state index contributed by atoms with van der Waals surface area (Å²) in [7, 11) is 0. The Labute approximate surface area is 142 Å². The number of carboxylic acid groups (broad SMARTS) is 1. The van der Waals surface area contributed by atoms with Gasteiger partial charge in [0.25, 0.3) is 0 Å². The molecule has 0 unspecified atom stereocenters. The van der Waals surface area contributed by atoms with Crippen molar-refractivity contribution in [2.45, 2.75) is 44.6 Å². The van der Waals surface area contributed by atoms with Crippen LogP contribution in [0, 0.1) is 18.8 Å². The Morgan fingerprint density at radius 1 is 1.08 bits per heavy atom. The van der Waals surface area contributed by atoms with Crippen LogP contribution in [0.5, 0.6) is 0 Å². The van der Waals surface area contributed by atoms with Crippen LogP contribution in [0.4, 0.5) is 0 Å². The van der Waals surface area contributed by atoms with Crippen molar-refractivity contribution >= 4 is 11.9 Å². The number of hydrogen-bond donors (Lipinski definition) is 2. The maximum atomic E-state index is 12.8. The molecule has 24 heavy (non-hydrogen) atoms. The molecule has 2 atom stereocenters. The molecule has 0 spiro atoms. The molecule has 130 valence electrons. The van der Waals surface area contributed by atoms with Gasteiger partial charge in [0.15, 0.2) is 0 Å². The van der Waals surface area contributed by atoms with E-state index in [1.807, 2.05) is 31.2 Å². The van der Waals surface area contributed by atoms with Crippen LogP contribution in [-0.2, 0) is 9.59 Å². The monoisotopic (exact) mass is 331 g/mol. The van der Waals surface area contributed by atoms with E-state index in [1.54, 1.807) is 4.90 Å². The number of aliphatic hydroxyl groups is 1. The molecule has 5 heteroatoms. The Balaban J connectivity index is 1.77. The smallest absolute Gasteiger partial charge is 0.308 e. The van der Waals surface area contributed by atoms with E-state index in [9.17, 15) is 19.8 Å². The highest BCUT2D eigenvalue weighted by Gasteiger charge is 2.42. The first-order valence-electron chi connectivity index (χ1n) is 8.72. The minimum absolute atomic E-state index is 0.0595. The number of nitrogens with zero attached hydrogens (tertiary/aromatic N) is 1. The minimum atomic E-state index is -0.836. The molecule has 0 radical (unpaired) electrons. The predicted molar refractivity (Wildman–Crippen MR) is 89.6 cm³/mol. The van der Waals surface area contributed by atoms with Gasteiger partial charge in [0.1, 0.15) is 0 Å². The van der Waals surface area contributed by atoms with Crippen molar-refractivity contribution in [1.82, 2.24) is 4.90 Å². The molecule has 5 nitrogen and oxygen atoms in total. The predicted octanol–water partition coefficient (Wildman–Crippen LogP) is 2.17. The van der Waals surface area contributed by atoms with E-state index < -0.39 is 11.9 Å². The molecular formula is C19H25NO4. The third kappa shape index (κ3) is 3.31. The number of carbonyl (C=O) groups is 2. The van der Waals surface area contributed by atoms with Crippen molar-refractivity contribution in [3.8, 4) is 0 Å². The lowest BCUT2D eigenvalue weighted by atomic mass is 9.86. The third-order valence-electron chi connectivity index (χ3n) is 5.58. The van der Waals surface area contributed by atoms with Gasteiger partial charge in [-0.2, -0.15) is 0 Å². The molecule has 1 aromatic carbocycles. The molecule has 2 aliphatic rings. The largest absolute Gasteiger partial charge is 0.481 e. The Kier molecular flexibility index (Phi) is 4.90. The number of amides is 1. The Hall–Kier alpha value is -1.88. The fourth-order valence-electron chi connectivity index (χ4n) is 4.13. The average Bonchev–Trinajstić information content (AvgIpc) is 3.00. The molecular weight excluding hydrogens is 306 g/mol. The molecule has 3 rings (SSSR count). The molecule has 2 N–H and O–H groups in total. The van der Waals surface area contributed by atoms with E-state index in [1.165, 1.54) is 0 Å². The van der Waals surface area contributed by atoms with Crippen molar-refractivity contribution in [1.29, 1.82) is 0 Å². The van der Waals surface area contributed by atoms with Gasteiger partial charge in [0, 0.05) is 24.9 Å². The van der Waals surface area contributed by atoms with Gasteiger partial charge in [-0.15, -0.1) is 0 Å². The third-order valence-corrected chi connectivity index (χ3v) is 5.58. The van der Waals surface area contributed by atoms with Crippen molar-refractivity contribution in [3.05, 3.63) is 35.4 Å². The van der Waals surface area contributed by atoms with Gasteiger partial charge in [0.05, 0.1) is 12.0 Å². The summed E-state index contributed by atoms with van der Waals surface area (Å²) in [6.07, 6.45) is 2.42. The summed E-state index contributed by atoms with van der Waals surface area (Å²) in [4.78, 5) is 26.2. The fraction of sp³-hybridized carbons (Fsp3) is 0.579. The second kappa shape index (κ2) is 6.93. The van der Waals surface area contributed by atoms with Gasteiger partial charge in [-0.25, -0.2) is 0 Å². The summed E-state index contributed by atoms with van der Waals surface area (Å²) < 4.78 is 0. The molecule has 1 aliphatic carbocycles. The van der Waals surface area contributed by atoms with Crippen molar-refractivity contribution in [2.24, 2.45) is 11.8 Å². The maximum Gasteiger partial charge on any atom is 0.308 e. The second-order valence-corrected chi connectivity index (χ2v) is 7.16. The van der Waals surface area contributed by atoms with Crippen LogP contribution in [0.25, 0.3) is 0 Å². The molecule has 1 aliphatic heterocycles. The fourth-order valence-corrected chi connectivity index (χ4v) is 4.13. The zero-order chi connectivity index (χ0) is 17.3. The molecule has 1 amide bonds. The van der Waals surface area contributed by atoms with Crippen molar-refractivity contribution in [3.63, 3.8) is 0 Å². The van der Waals surface area contributed by atoms with Gasteiger partial charge >= 0.3 is 5.97 Å². The first-order valence-corrected chi connectivity index (χ1v) is 8.72. The number of aliphatic hydroxyl groups excluding tert-OH is 1. The topological polar surface area (TPSA) is 77.8 Å². The first kappa shape index (κ1) is 17.0. The lowest BCUT2D eigenvalue weighted by molar-refractivity contribution is -0.142. The second-order valence-electron chi connectivity index (χ2n) is 7.16. The number of carboxylic acids is 1. The van der Waals surface area contributed by atoms with Gasteiger partial charge in [-0.05, 0) is 43.7 Å². The molecule has 1 aromatic rings. The summed E-state index contributed by atoms with van der Waals surface area (Å²) >= 11 is 0. The number of likely N-dealkylation sites (tertiary alicyclic amines) is 1. The summed E-state index contributed by atoms with van der Waals surface area (Å²) in [5, 5.41) is 19.2. The number of rotatable bonds is 3. The van der Waals surface area contributed by atoms with Gasteiger partial charge in [-0.1, -0.05) is 24.3 Å². The van der Waals surface area contributed by atoms with Crippen molar-refractivity contribution < 1.29 is 19.8 Å². The Bertz CT molecular complexity index is 622. The van der Waals surface area contributed by atoms with Gasteiger partial charge in [-0.3, -0.25) is 9.59 Å².